The second kappa shape index (κ2) is 8.59. The van der Waals surface area contributed by atoms with Crippen LogP contribution in [0.1, 0.15) is 13.8 Å². The summed E-state index contributed by atoms with van der Waals surface area (Å²) in [5.41, 5.74) is 0. The summed E-state index contributed by atoms with van der Waals surface area (Å²) in [6, 6.07) is 0.241. The number of thiol groups is 1. The van der Waals surface area contributed by atoms with Crippen molar-refractivity contribution in [3.63, 3.8) is 0 Å². The number of aldehydes is 1. The van der Waals surface area contributed by atoms with Gasteiger partial charge in [-0.2, -0.15) is 0 Å². The van der Waals surface area contributed by atoms with Crippen molar-refractivity contribution in [3.05, 3.63) is 23.3 Å². The quantitative estimate of drug-likeness (QED) is 0.243. The van der Waals surface area contributed by atoms with E-state index >= 15 is 0 Å². The van der Waals surface area contributed by atoms with Crippen molar-refractivity contribution in [2.45, 2.75) is 19.9 Å². The molecular weight excluding hydrogens is 222 g/mol. The van der Waals surface area contributed by atoms with Crippen LogP contribution in [0.4, 0.5) is 0 Å². The van der Waals surface area contributed by atoms with Gasteiger partial charge < -0.3 is 5.32 Å². The summed E-state index contributed by atoms with van der Waals surface area (Å²) < 4.78 is 0. The Balaban J connectivity index is 3.97. The van der Waals surface area contributed by atoms with Gasteiger partial charge in [-0.05, 0) is 34.5 Å². The standard InChI is InChI=1S/C8H13NOS3/c1-3-4-7(2)9-5-8(6-10)12-13-11/h3-7,9,11H,1-2H3/b4-3-,8-5?. The number of nitrogens with one attached hydrogen (secondary N) is 1. The van der Waals surface area contributed by atoms with E-state index in [0.717, 1.165) is 6.29 Å². The molecule has 0 heterocycles. The Morgan fingerprint density at radius 1 is 1.62 bits per heavy atom. The summed E-state index contributed by atoms with van der Waals surface area (Å²) >= 11 is 3.94. The fraction of sp³-hybridized carbons (Fsp3) is 0.375. The van der Waals surface area contributed by atoms with E-state index in [4.69, 9.17) is 0 Å². The Kier molecular flexibility index (Phi) is 8.59. The normalized spacial score (nSPS) is 14.5. The molecule has 0 saturated heterocycles. The molecule has 0 spiro atoms. The first-order chi connectivity index (χ1) is 6.24. The highest BCUT2D eigenvalue weighted by molar-refractivity contribution is 9.06. The van der Waals surface area contributed by atoms with Crippen molar-refractivity contribution in [1.82, 2.24) is 5.32 Å². The lowest BCUT2D eigenvalue weighted by atomic mass is 10.3. The largest absolute Gasteiger partial charge is 0.384 e. The van der Waals surface area contributed by atoms with Gasteiger partial charge in [0.15, 0.2) is 6.29 Å². The molecule has 0 aromatic carbocycles. The number of allylic oxidation sites excluding steroid dienone is 2. The second-order valence-electron chi connectivity index (χ2n) is 2.30. The molecule has 74 valence electrons. The van der Waals surface area contributed by atoms with Crippen LogP contribution in [0, 0.1) is 0 Å². The maximum absolute atomic E-state index is 10.5. The van der Waals surface area contributed by atoms with Crippen LogP contribution < -0.4 is 5.32 Å². The average Bonchev–Trinajstić information content (AvgIpc) is 2.12. The summed E-state index contributed by atoms with van der Waals surface area (Å²) in [6.07, 6.45) is 6.48. The SMILES string of the molecule is C/C=C\C(C)NC=C(C=O)SSS. The molecule has 0 aromatic heterocycles. The van der Waals surface area contributed by atoms with E-state index in [1.54, 1.807) is 6.20 Å². The van der Waals surface area contributed by atoms with Crippen LogP contribution in [0.25, 0.3) is 0 Å². The molecule has 0 amide bonds. The van der Waals surface area contributed by atoms with E-state index in [2.05, 4.69) is 17.0 Å². The van der Waals surface area contributed by atoms with Crippen molar-refractivity contribution >= 4 is 38.6 Å². The van der Waals surface area contributed by atoms with Crippen molar-refractivity contribution in [2.75, 3.05) is 0 Å². The zero-order valence-corrected chi connectivity index (χ0v) is 10.1. The molecule has 1 unspecified atom stereocenters. The summed E-state index contributed by atoms with van der Waals surface area (Å²) in [6.45, 7) is 3.97. The van der Waals surface area contributed by atoms with Gasteiger partial charge in [0.25, 0.3) is 0 Å². The maximum Gasteiger partial charge on any atom is 0.158 e. The molecule has 0 aliphatic carbocycles. The maximum atomic E-state index is 10.5. The zero-order chi connectivity index (χ0) is 10.1. The molecule has 5 heteroatoms. The topological polar surface area (TPSA) is 29.1 Å². The van der Waals surface area contributed by atoms with Crippen LogP contribution in [-0.2, 0) is 4.79 Å². The lowest BCUT2D eigenvalue weighted by Crippen LogP contribution is -2.17. The van der Waals surface area contributed by atoms with E-state index in [1.807, 2.05) is 26.0 Å². The lowest BCUT2D eigenvalue weighted by molar-refractivity contribution is -0.104. The van der Waals surface area contributed by atoms with Crippen LogP contribution in [-0.4, -0.2) is 12.3 Å². The van der Waals surface area contributed by atoms with Gasteiger partial charge in [-0.1, -0.05) is 23.8 Å². The molecule has 1 atom stereocenters. The monoisotopic (exact) mass is 235 g/mol. The first kappa shape index (κ1) is 13.0. The molecule has 0 radical (unpaired) electrons. The third-order valence-electron chi connectivity index (χ3n) is 1.22. The van der Waals surface area contributed by atoms with Crippen LogP contribution in [0.2, 0.25) is 0 Å². The molecule has 0 aliphatic rings. The van der Waals surface area contributed by atoms with Gasteiger partial charge in [-0.3, -0.25) is 4.79 Å². The number of carbonyl (C=O) groups excluding carboxylic acids is 1. The van der Waals surface area contributed by atoms with E-state index in [0.29, 0.717) is 4.91 Å². The van der Waals surface area contributed by atoms with Gasteiger partial charge in [0, 0.05) is 12.2 Å². The van der Waals surface area contributed by atoms with Crippen molar-refractivity contribution < 1.29 is 4.79 Å². The Morgan fingerprint density at radius 3 is 2.77 bits per heavy atom. The Bertz CT molecular complexity index is 204. The van der Waals surface area contributed by atoms with Gasteiger partial charge >= 0.3 is 0 Å². The Hall–Kier alpha value is -0.000000000000000111. The lowest BCUT2D eigenvalue weighted by Gasteiger charge is -2.06. The molecule has 0 saturated carbocycles. The highest BCUT2D eigenvalue weighted by Gasteiger charge is 1.96. The molecule has 2 nitrogen and oxygen atoms in total. The van der Waals surface area contributed by atoms with Gasteiger partial charge in [-0.25, -0.2) is 0 Å². The smallest absolute Gasteiger partial charge is 0.158 e. The van der Waals surface area contributed by atoms with Gasteiger partial charge in [0.2, 0.25) is 0 Å². The minimum absolute atomic E-state index is 0.241. The minimum atomic E-state index is 0.241. The Labute approximate surface area is 91.8 Å². The van der Waals surface area contributed by atoms with E-state index < -0.39 is 0 Å². The molecule has 1 N–H and O–H groups in total. The molecular formula is C8H13NOS3. The fourth-order valence-electron chi connectivity index (χ4n) is 0.679. The Morgan fingerprint density at radius 2 is 2.31 bits per heavy atom. The van der Waals surface area contributed by atoms with Crippen molar-refractivity contribution in [1.29, 1.82) is 0 Å². The van der Waals surface area contributed by atoms with Gasteiger partial charge in [-0.15, -0.1) is 0 Å². The molecule has 0 aliphatic heterocycles. The van der Waals surface area contributed by atoms with Gasteiger partial charge in [0.05, 0.1) is 4.91 Å². The van der Waals surface area contributed by atoms with Crippen LogP contribution >= 0.6 is 32.3 Å². The van der Waals surface area contributed by atoms with E-state index in [9.17, 15) is 4.79 Å². The van der Waals surface area contributed by atoms with E-state index in [-0.39, 0.29) is 6.04 Å². The first-order valence-electron chi connectivity index (χ1n) is 3.77. The summed E-state index contributed by atoms with van der Waals surface area (Å²) in [5, 5.41) is 3.07. The molecule has 0 bridgehead atoms. The summed E-state index contributed by atoms with van der Waals surface area (Å²) in [5.74, 6) is 0. The first-order valence-corrected chi connectivity index (χ1v) is 6.97. The molecule has 0 aromatic rings. The van der Waals surface area contributed by atoms with Crippen molar-refractivity contribution in [3.8, 4) is 0 Å². The summed E-state index contributed by atoms with van der Waals surface area (Å²) in [4.78, 5) is 11.1. The van der Waals surface area contributed by atoms with Crippen LogP contribution in [0.3, 0.4) is 0 Å². The average molecular weight is 235 g/mol. The van der Waals surface area contributed by atoms with Crippen LogP contribution in [0.15, 0.2) is 23.3 Å². The number of rotatable bonds is 6. The highest BCUT2D eigenvalue weighted by atomic mass is 33.5. The summed E-state index contributed by atoms with van der Waals surface area (Å²) in [7, 11) is 2.58. The van der Waals surface area contributed by atoms with Gasteiger partial charge in [0.1, 0.15) is 0 Å². The predicted molar refractivity (Wildman–Crippen MR) is 65.7 cm³/mol. The predicted octanol–water partition coefficient (Wildman–Crippen LogP) is 2.81. The second-order valence-corrected chi connectivity index (χ2v) is 5.38. The van der Waals surface area contributed by atoms with E-state index in [1.165, 1.54) is 20.6 Å². The third kappa shape index (κ3) is 7.10. The fourth-order valence-corrected chi connectivity index (χ4v) is 2.22. The number of hydrogen-bond acceptors (Lipinski definition) is 5. The minimum Gasteiger partial charge on any atom is -0.384 e. The number of hydrogen-bond donors (Lipinski definition) is 2. The molecule has 13 heavy (non-hydrogen) atoms. The zero-order valence-electron chi connectivity index (χ0n) is 7.56. The molecule has 0 fully saturated rings. The third-order valence-corrected chi connectivity index (χ3v) is 3.17. The van der Waals surface area contributed by atoms with Crippen LogP contribution in [0.5, 0.6) is 0 Å². The highest BCUT2D eigenvalue weighted by Crippen LogP contribution is 2.30. The number of carbonyl (C=O) groups is 1. The van der Waals surface area contributed by atoms with Crippen molar-refractivity contribution in [2.24, 2.45) is 0 Å². The molecule has 0 rings (SSSR count).